The SMILES string of the molecule is O=[N+]([O-])O.O=[N+]([O-])O.O=[N+]([O-])O.O=[N+]([O-])O.O=[N+]([O-])O.O=[N+]([O-])O.O=[N+]([O-])O.O=[N+]([O-])O.O=[N+]([O-])O.[Ca+2].[Ca+2].[Ca+2].[Ca+2].[Ca+2].[Ca+2].[Ca+2].[Ca+2].[Ca+2].[Ca+2].[Ca+2].[Ca+2].[Ca+2].[Ca+2].[Ca+2].[H-].[H-].[H-].[H-].[H-].[H-].[H-].[H-].[H-].[H-].[H-].[H-].[H-].[H-].[H-].[H-].[H-].[H-].[H-].[H-].[H-].[H-].[H-].[H-].[H-].[H-].[H-].[H-].[H-].[H-]. The van der Waals surface area contributed by atoms with Gasteiger partial charge in [0.2, 0.25) is 0 Å². The summed E-state index contributed by atoms with van der Waals surface area (Å²) in [6.07, 6.45) is 0. The van der Waals surface area contributed by atoms with Crippen molar-refractivity contribution >= 4 is 566 Å². The normalized spacial score (nSPS) is 4.24. The van der Waals surface area contributed by atoms with Gasteiger partial charge in [-0.2, -0.15) is 0 Å². The summed E-state index contributed by atoms with van der Waals surface area (Å²) < 4.78 is 0. The monoisotopic (exact) mass is 1200 g/mol. The van der Waals surface area contributed by atoms with E-state index in [-0.39, 0.29) is 609 Å². The predicted octanol–water partition coefficient (Wildman–Crippen LogP) is -5.47. The topological polar surface area (TPSA) is 570 Å². The van der Waals surface area contributed by atoms with Gasteiger partial charge in [0.25, 0.3) is 45.8 Å². The maximum atomic E-state index is 8.36. The summed E-state index contributed by atoms with van der Waals surface area (Å²) in [5.74, 6) is 0. The van der Waals surface area contributed by atoms with Crippen LogP contribution in [0.15, 0.2) is 0 Å². The van der Waals surface area contributed by atoms with Gasteiger partial charge in [-0.05, 0) is 0 Å². The standard InChI is InChI=1S/15Ca.9HNO3.30H/c;;;;;;;;;;;;;;;9*2-1(3)4;;;;;;;;;;;;;;;;;;;;;;;;;;;;;;/h;;;;;;;;;;;;;;;9*(H,2,3,4);;;;;;;;;;;;;;;;;;;;;;;;;;;;;;/q15*+2;;;;;;;;;;30*-1. The number of rotatable bonds is 0. The number of hydrogen-bond acceptors (Lipinski definition) is 18. The average molecular weight is 1200 g/mol. The molecule has 0 spiro atoms. The maximum absolute atomic E-state index is 8.36. The summed E-state index contributed by atoms with van der Waals surface area (Å²) in [5.41, 5.74) is 0. The first-order chi connectivity index (χ1) is 15.6. The van der Waals surface area contributed by atoms with Crippen LogP contribution in [0, 0.1) is 91.0 Å². The van der Waals surface area contributed by atoms with Crippen LogP contribution in [0.2, 0.25) is 0 Å². The fraction of sp³-hybridized carbons (Fsp3) is 0. The molecule has 51 heavy (non-hydrogen) atoms. The first-order valence-corrected chi connectivity index (χ1v) is 5.09. The molecule has 0 atom stereocenters. The Hall–Kier alpha value is 11.7. The largest absolute Gasteiger partial charge is 2.00 e. The molecule has 0 saturated heterocycles. The van der Waals surface area contributed by atoms with E-state index in [1.807, 2.05) is 0 Å². The zero-order chi connectivity index (χ0) is 32.2. The molecule has 0 aliphatic rings. The summed E-state index contributed by atoms with van der Waals surface area (Å²) in [6.45, 7) is 0. The molecule has 0 aliphatic carbocycles. The Morgan fingerprint density at radius 1 is 0.196 bits per heavy atom. The molecule has 0 heterocycles. The van der Waals surface area contributed by atoms with Crippen molar-refractivity contribution in [1.82, 2.24) is 0 Å². The molecule has 0 radical (unpaired) electrons. The molecule has 0 rings (SSSR count). The molecule has 0 saturated carbocycles. The summed E-state index contributed by atoms with van der Waals surface area (Å²) >= 11 is 0. The van der Waals surface area contributed by atoms with E-state index in [0.29, 0.717) is 0 Å². The second-order valence-electron chi connectivity index (χ2n) is 2.14. The molecule has 36 nitrogen and oxygen atoms in total. The second kappa shape index (κ2) is 152. The minimum atomic E-state index is -1.50. The van der Waals surface area contributed by atoms with E-state index < -0.39 is 45.8 Å². The van der Waals surface area contributed by atoms with Crippen molar-refractivity contribution in [2.75, 3.05) is 0 Å². The third-order valence-corrected chi connectivity index (χ3v) is 0. The molecule has 0 aromatic heterocycles. The van der Waals surface area contributed by atoms with Crippen LogP contribution in [0.3, 0.4) is 0 Å². The van der Waals surface area contributed by atoms with Gasteiger partial charge in [0.05, 0.1) is 0 Å². The molecule has 0 amide bonds. The van der Waals surface area contributed by atoms with Gasteiger partial charge in [-0.1, -0.05) is 0 Å². The second-order valence-corrected chi connectivity index (χ2v) is 2.14. The van der Waals surface area contributed by atoms with E-state index in [1.165, 1.54) is 0 Å². The summed E-state index contributed by atoms with van der Waals surface area (Å²) in [5, 5.41) is 123. The third kappa shape index (κ3) is 1610. The van der Waals surface area contributed by atoms with Crippen molar-refractivity contribution in [3.63, 3.8) is 0 Å². The Morgan fingerprint density at radius 2 is 0.196 bits per heavy atom. The quantitative estimate of drug-likeness (QED) is 0.0621. The van der Waals surface area contributed by atoms with Crippen LogP contribution < -0.4 is 0 Å². The minimum Gasteiger partial charge on any atom is -1.00 e. The van der Waals surface area contributed by atoms with Crippen molar-refractivity contribution in [2.45, 2.75) is 0 Å². The molecule has 0 aromatic rings. The van der Waals surface area contributed by atoms with Crippen molar-refractivity contribution in [3.8, 4) is 0 Å². The van der Waals surface area contributed by atoms with Gasteiger partial charge < -0.3 is 89.7 Å². The maximum Gasteiger partial charge on any atom is 2.00 e. The van der Waals surface area contributed by atoms with E-state index in [1.54, 1.807) is 0 Å². The smallest absolute Gasteiger partial charge is 1.00 e. The first-order valence-electron chi connectivity index (χ1n) is 5.09. The van der Waals surface area contributed by atoms with Gasteiger partial charge in [-0.3, -0.25) is 0 Å². The molecule has 51 heteroatoms. The first kappa shape index (κ1) is 159. The van der Waals surface area contributed by atoms with E-state index in [2.05, 4.69) is 0 Å². The van der Waals surface area contributed by atoms with Crippen LogP contribution in [0.25, 0.3) is 0 Å². The van der Waals surface area contributed by atoms with Gasteiger partial charge in [0.1, 0.15) is 0 Å². The molecule has 0 unspecified atom stereocenters. The Morgan fingerprint density at radius 3 is 0.196 bits per heavy atom. The number of nitrogens with zero attached hydrogens (tertiary/aromatic N) is 9. The van der Waals surface area contributed by atoms with Gasteiger partial charge in [0, 0.05) is 0 Å². The zero-order valence-electron chi connectivity index (χ0n) is 56.0. The average Bonchev–Trinajstić information content (AvgIpc) is 2.39. The third-order valence-electron chi connectivity index (χ3n) is 0. The van der Waals surface area contributed by atoms with Crippen molar-refractivity contribution in [1.29, 1.82) is 0 Å². The van der Waals surface area contributed by atoms with Crippen LogP contribution in [0.5, 0.6) is 0 Å². The van der Waals surface area contributed by atoms with Gasteiger partial charge in [-0.15, -0.1) is 91.0 Å². The fourth-order valence-electron chi connectivity index (χ4n) is 0. The van der Waals surface area contributed by atoms with E-state index in [9.17, 15) is 0 Å². The van der Waals surface area contributed by atoms with E-state index in [4.69, 9.17) is 138 Å². The molecular weight excluding hydrogens is 1160 g/mol. The zero-order valence-corrected chi connectivity index (χ0v) is 59.1. The molecule has 276 valence electrons. The molecule has 0 aromatic carbocycles. The Balaban J connectivity index is -0.00000000182. The van der Waals surface area contributed by atoms with Crippen LogP contribution in [-0.4, -0.2) is 659 Å². The summed E-state index contributed by atoms with van der Waals surface area (Å²) in [4.78, 5) is 75.3. The molecule has 0 bridgehead atoms. The van der Waals surface area contributed by atoms with Gasteiger partial charge in [0.15, 0.2) is 0 Å². The van der Waals surface area contributed by atoms with Gasteiger partial charge in [-0.25, -0.2) is 0 Å². The van der Waals surface area contributed by atoms with Crippen molar-refractivity contribution < 1.29 is 135 Å². The predicted molar refractivity (Wildman–Crippen MR) is 199 cm³/mol. The minimum absolute atomic E-state index is 0. The Labute approximate surface area is 771 Å². The summed E-state index contributed by atoms with van der Waals surface area (Å²) in [7, 11) is 0. The fourth-order valence-corrected chi connectivity index (χ4v) is 0. The van der Waals surface area contributed by atoms with E-state index >= 15 is 0 Å². The van der Waals surface area contributed by atoms with Crippen LogP contribution in [0.4, 0.5) is 0 Å². The van der Waals surface area contributed by atoms with Gasteiger partial charge >= 0.3 is 566 Å². The van der Waals surface area contributed by atoms with Crippen molar-refractivity contribution in [2.24, 2.45) is 0 Å². The number of hydrogen-bond donors (Lipinski definition) is 9. The Bertz CT molecular complexity index is 529. The molecule has 0 fully saturated rings. The van der Waals surface area contributed by atoms with Crippen LogP contribution in [-0.2, 0) is 0 Å². The van der Waals surface area contributed by atoms with E-state index in [0.717, 1.165) is 0 Å². The van der Waals surface area contributed by atoms with Crippen molar-refractivity contribution in [3.05, 3.63) is 91.0 Å². The Kier molecular flexibility index (Phi) is 474. The van der Waals surface area contributed by atoms with Crippen LogP contribution in [0.1, 0.15) is 42.8 Å². The molecule has 0 aliphatic heterocycles. The van der Waals surface area contributed by atoms with Crippen LogP contribution >= 0.6 is 0 Å². The molecular formula is H39Ca15N9O27. The molecule has 9 N–H and O–H groups in total. The summed E-state index contributed by atoms with van der Waals surface area (Å²) in [6, 6.07) is 0.